The highest BCUT2D eigenvalue weighted by molar-refractivity contribution is 8.13. The summed E-state index contributed by atoms with van der Waals surface area (Å²) in [6.07, 6.45) is 5.34. The number of aliphatic imine (C=N–C) groups is 1. The first kappa shape index (κ1) is 7.54. The summed E-state index contributed by atoms with van der Waals surface area (Å²) in [5, 5.41) is 3.99. The van der Waals surface area contributed by atoms with Gasteiger partial charge < -0.3 is 5.32 Å². The number of hydrogen-bond acceptors (Lipinski definition) is 5. The molecule has 0 amide bonds. The summed E-state index contributed by atoms with van der Waals surface area (Å²) in [5.74, 6) is 0.830. The minimum absolute atomic E-state index is 0.631. The van der Waals surface area contributed by atoms with Crippen molar-refractivity contribution in [2.24, 2.45) is 4.99 Å². The number of hydrogen-bond donors (Lipinski definition) is 1. The first-order chi connectivity index (χ1) is 5.90. The van der Waals surface area contributed by atoms with Gasteiger partial charge in [0.15, 0.2) is 11.0 Å². The molecule has 1 N–H and O–H groups in total. The van der Waals surface area contributed by atoms with Gasteiger partial charge >= 0.3 is 0 Å². The SMILES string of the molecule is CSC1=NCc2nccnc2N1. The fraction of sp³-hybridized carbons (Fsp3) is 0.286. The number of aromatic nitrogens is 2. The average molecular weight is 180 g/mol. The number of nitrogens with zero attached hydrogens (tertiary/aromatic N) is 3. The summed E-state index contributed by atoms with van der Waals surface area (Å²) in [6, 6.07) is 0. The van der Waals surface area contributed by atoms with Crippen LogP contribution in [-0.4, -0.2) is 21.4 Å². The van der Waals surface area contributed by atoms with Gasteiger partial charge in [-0.05, 0) is 6.26 Å². The number of thioether (sulfide) groups is 1. The maximum Gasteiger partial charge on any atom is 0.162 e. The van der Waals surface area contributed by atoms with Gasteiger partial charge in [-0.1, -0.05) is 11.8 Å². The van der Waals surface area contributed by atoms with Crippen molar-refractivity contribution in [3.05, 3.63) is 18.1 Å². The van der Waals surface area contributed by atoms with Crippen LogP contribution in [0, 0.1) is 0 Å². The molecule has 0 aromatic carbocycles. The molecule has 0 spiro atoms. The molecule has 1 aromatic rings. The highest BCUT2D eigenvalue weighted by Gasteiger charge is 2.11. The predicted octanol–water partition coefficient (Wildman–Crippen LogP) is 1.12. The zero-order chi connectivity index (χ0) is 8.39. The van der Waals surface area contributed by atoms with Crippen LogP contribution in [0.2, 0.25) is 0 Å². The van der Waals surface area contributed by atoms with E-state index in [1.807, 2.05) is 6.26 Å². The van der Waals surface area contributed by atoms with Crippen molar-refractivity contribution in [3.63, 3.8) is 0 Å². The summed E-state index contributed by atoms with van der Waals surface area (Å²) >= 11 is 1.58. The fourth-order valence-corrected chi connectivity index (χ4v) is 1.38. The normalized spacial score (nSPS) is 14.6. The minimum atomic E-state index is 0.631. The van der Waals surface area contributed by atoms with Gasteiger partial charge in [-0.3, -0.25) is 9.98 Å². The lowest BCUT2D eigenvalue weighted by atomic mass is 10.4. The molecule has 0 unspecified atom stereocenters. The molecule has 12 heavy (non-hydrogen) atoms. The third-order valence-electron chi connectivity index (χ3n) is 1.57. The van der Waals surface area contributed by atoms with Crippen molar-refractivity contribution < 1.29 is 0 Å². The Kier molecular flexibility index (Phi) is 1.95. The molecule has 0 fully saturated rings. The van der Waals surface area contributed by atoms with E-state index in [-0.39, 0.29) is 0 Å². The zero-order valence-electron chi connectivity index (χ0n) is 6.61. The van der Waals surface area contributed by atoms with Crippen LogP contribution in [0.3, 0.4) is 0 Å². The average Bonchev–Trinajstić information content (AvgIpc) is 2.17. The molecule has 0 radical (unpaired) electrons. The molecule has 5 heteroatoms. The molecule has 0 atom stereocenters. The van der Waals surface area contributed by atoms with Gasteiger partial charge in [0.25, 0.3) is 0 Å². The predicted molar refractivity (Wildman–Crippen MR) is 50.3 cm³/mol. The van der Waals surface area contributed by atoms with Gasteiger partial charge in [-0.15, -0.1) is 0 Å². The third-order valence-corrected chi connectivity index (χ3v) is 2.18. The Morgan fingerprint density at radius 2 is 2.25 bits per heavy atom. The van der Waals surface area contributed by atoms with Crippen LogP contribution < -0.4 is 5.32 Å². The standard InChI is InChI=1S/C7H8N4S/c1-12-7-10-4-5-6(11-7)9-3-2-8-5/h2-3H,4H2,1H3,(H,9,10,11). The van der Waals surface area contributed by atoms with Gasteiger partial charge in [-0.2, -0.15) is 0 Å². The Labute approximate surface area is 74.5 Å². The number of fused-ring (bicyclic) bond motifs is 1. The summed E-state index contributed by atoms with van der Waals surface area (Å²) in [7, 11) is 0. The largest absolute Gasteiger partial charge is 0.318 e. The molecule has 1 aliphatic heterocycles. The van der Waals surface area contributed by atoms with Crippen LogP contribution in [0.15, 0.2) is 17.4 Å². The van der Waals surface area contributed by atoms with Crippen LogP contribution in [0.4, 0.5) is 5.82 Å². The van der Waals surface area contributed by atoms with Crippen molar-refractivity contribution >= 4 is 22.7 Å². The van der Waals surface area contributed by atoms with Gasteiger partial charge in [-0.25, -0.2) is 4.98 Å². The summed E-state index contributed by atoms with van der Waals surface area (Å²) in [4.78, 5) is 12.6. The Morgan fingerprint density at radius 1 is 1.42 bits per heavy atom. The van der Waals surface area contributed by atoms with Gasteiger partial charge in [0.2, 0.25) is 0 Å². The van der Waals surface area contributed by atoms with E-state index in [0.29, 0.717) is 6.54 Å². The van der Waals surface area contributed by atoms with E-state index in [0.717, 1.165) is 16.7 Å². The van der Waals surface area contributed by atoms with Crippen molar-refractivity contribution in [2.75, 3.05) is 11.6 Å². The number of anilines is 1. The highest BCUT2D eigenvalue weighted by atomic mass is 32.2. The van der Waals surface area contributed by atoms with Gasteiger partial charge in [0.05, 0.1) is 6.54 Å². The van der Waals surface area contributed by atoms with Crippen LogP contribution >= 0.6 is 11.8 Å². The first-order valence-electron chi connectivity index (χ1n) is 3.55. The van der Waals surface area contributed by atoms with Crippen molar-refractivity contribution in [1.29, 1.82) is 0 Å². The maximum atomic E-state index is 4.26. The molecule has 1 aromatic heterocycles. The first-order valence-corrected chi connectivity index (χ1v) is 4.78. The fourth-order valence-electron chi connectivity index (χ4n) is 0.990. The molecule has 0 saturated carbocycles. The van der Waals surface area contributed by atoms with Crippen LogP contribution in [-0.2, 0) is 6.54 Å². The quantitative estimate of drug-likeness (QED) is 0.650. The minimum Gasteiger partial charge on any atom is -0.318 e. The smallest absolute Gasteiger partial charge is 0.162 e. The number of nitrogens with one attached hydrogen (secondary N) is 1. The molecule has 2 rings (SSSR count). The lowest BCUT2D eigenvalue weighted by Gasteiger charge is -2.13. The van der Waals surface area contributed by atoms with Gasteiger partial charge in [0.1, 0.15) is 5.69 Å². The molecule has 1 aliphatic rings. The molecule has 0 bridgehead atoms. The van der Waals surface area contributed by atoms with E-state index in [9.17, 15) is 0 Å². The maximum absolute atomic E-state index is 4.26. The van der Waals surface area contributed by atoms with Crippen LogP contribution in [0.5, 0.6) is 0 Å². The van der Waals surface area contributed by atoms with Crippen LogP contribution in [0.25, 0.3) is 0 Å². The van der Waals surface area contributed by atoms with Crippen molar-refractivity contribution in [2.45, 2.75) is 6.54 Å². The van der Waals surface area contributed by atoms with E-state index >= 15 is 0 Å². The molecule has 2 heterocycles. The summed E-state index contributed by atoms with van der Waals surface area (Å²) < 4.78 is 0. The van der Waals surface area contributed by atoms with E-state index < -0.39 is 0 Å². The van der Waals surface area contributed by atoms with Crippen molar-refractivity contribution in [3.8, 4) is 0 Å². The second-order valence-electron chi connectivity index (χ2n) is 2.30. The molecule has 62 valence electrons. The summed E-state index contributed by atoms with van der Waals surface area (Å²) in [5.41, 5.74) is 0.912. The van der Waals surface area contributed by atoms with E-state index in [1.165, 1.54) is 0 Å². The Balaban J connectivity index is 2.31. The number of amidine groups is 1. The Morgan fingerprint density at radius 3 is 3.08 bits per heavy atom. The topological polar surface area (TPSA) is 50.2 Å². The number of rotatable bonds is 0. The van der Waals surface area contributed by atoms with Crippen molar-refractivity contribution in [1.82, 2.24) is 9.97 Å². The lowest BCUT2D eigenvalue weighted by molar-refractivity contribution is 0.955. The molecular weight excluding hydrogens is 172 g/mol. The molecule has 4 nitrogen and oxygen atoms in total. The van der Waals surface area contributed by atoms with Crippen LogP contribution in [0.1, 0.15) is 5.69 Å². The zero-order valence-corrected chi connectivity index (χ0v) is 7.43. The third kappa shape index (κ3) is 1.27. The van der Waals surface area contributed by atoms with E-state index in [1.54, 1.807) is 24.2 Å². The Hall–Kier alpha value is -1.10. The lowest BCUT2D eigenvalue weighted by Crippen LogP contribution is -2.16. The summed E-state index contributed by atoms with van der Waals surface area (Å²) in [6.45, 7) is 0.631. The van der Waals surface area contributed by atoms with E-state index in [4.69, 9.17) is 0 Å². The van der Waals surface area contributed by atoms with Gasteiger partial charge in [0, 0.05) is 12.4 Å². The second-order valence-corrected chi connectivity index (χ2v) is 3.10. The Bertz CT molecular complexity index is 323. The van der Waals surface area contributed by atoms with E-state index in [2.05, 4.69) is 20.3 Å². The molecule has 0 saturated heterocycles. The molecule has 0 aliphatic carbocycles. The highest BCUT2D eigenvalue weighted by Crippen LogP contribution is 2.17. The monoisotopic (exact) mass is 180 g/mol. The molecular formula is C7H8N4S. The second kappa shape index (κ2) is 3.10.